The van der Waals surface area contributed by atoms with E-state index in [9.17, 15) is 14.4 Å². The molecule has 0 radical (unpaired) electrons. The molecule has 2 rings (SSSR count). The number of amides is 3. The summed E-state index contributed by atoms with van der Waals surface area (Å²) in [4.78, 5) is 37.1. The van der Waals surface area contributed by atoms with Crippen LogP contribution in [0.4, 0.5) is 4.79 Å². The number of hydrogen-bond acceptors (Lipinski definition) is 4. The summed E-state index contributed by atoms with van der Waals surface area (Å²) in [6.45, 7) is 3.79. The Hall–Kier alpha value is -2.83. The normalized spacial score (nSPS) is 20.3. The van der Waals surface area contributed by atoms with Crippen LogP contribution in [0.25, 0.3) is 0 Å². The molecule has 1 heterocycles. The fourth-order valence-corrected chi connectivity index (χ4v) is 2.48. The van der Waals surface area contributed by atoms with E-state index in [0.29, 0.717) is 16.8 Å². The third-order valence-electron chi connectivity index (χ3n) is 3.67. The maximum Gasteiger partial charge on any atom is 0.337 e. The van der Waals surface area contributed by atoms with Crippen molar-refractivity contribution in [2.45, 2.75) is 6.04 Å². The van der Waals surface area contributed by atoms with Gasteiger partial charge in [-0.15, -0.1) is 0 Å². The van der Waals surface area contributed by atoms with E-state index in [1.54, 1.807) is 38.4 Å². The minimum Gasteiger partial charge on any atom is -0.465 e. The van der Waals surface area contributed by atoms with E-state index in [-0.39, 0.29) is 5.91 Å². The van der Waals surface area contributed by atoms with Gasteiger partial charge in [-0.05, 0) is 17.7 Å². The number of nitrogens with one attached hydrogen (secondary N) is 2. The zero-order valence-electron chi connectivity index (χ0n) is 13.3. The number of benzene rings is 1. The zero-order chi connectivity index (χ0) is 17.1. The molecule has 1 aliphatic rings. The first kappa shape index (κ1) is 16.5. The van der Waals surface area contributed by atoms with Gasteiger partial charge < -0.3 is 20.3 Å². The van der Waals surface area contributed by atoms with Gasteiger partial charge in [0, 0.05) is 19.8 Å². The summed E-state index contributed by atoms with van der Waals surface area (Å²) in [7, 11) is 4.59. The first-order chi connectivity index (χ1) is 10.8. The number of ether oxygens (including phenoxy) is 1. The lowest BCUT2D eigenvalue weighted by Gasteiger charge is -2.35. The summed E-state index contributed by atoms with van der Waals surface area (Å²) in [6, 6.07) is 5.58. The smallest absolute Gasteiger partial charge is 0.337 e. The molecule has 2 atom stereocenters. The van der Waals surface area contributed by atoms with Crippen LogP contribution in [0.5, 0.6) is 0 Å². The van der Waals surface area contributed by atoms with E-state index in [2.05, 4.69) is 21.9 Å². The minimum atomic E-state index is -0.633. The number of carbonyl (C=O) groups excluding carboxylic acids is 3. The lowest BCUT2D eigenvalue weighted by Crippen LogP contribution is -2.52. The van der Waals surface area contributed by atoms with Gasteiger partial charge in [-0.1, -0.05) is 18.7 Å². The highest BCUT2D eigenvalue weighted by atomic mass is 16.5. The average molecular weight is 317 g/mol. The second kappa shape index (κ2) is 6.51. The van der Waals surface area contributed by atoms with Crippen molar-refractivity contribution in [3.63, 3.8) is 0 Å². The number of nitrogens with zero attached hydrogens (tertiary/aromatic N) is 1. The molecule has 0 aromatic heterocycles. The molecule has 1 fully saturated rings. The Balaban J connectivity index is 2.36. The summed E-state index contributed by atoms with van der Waals surface area (Å²) >= 11 is 0. The lowest BCUT2D eigenvalue weighted by atomic mass is 9.87. The molecular formula is C16H19N3O4. The second-order valence-electron chi connectivity index (χ2n) is 5.43. The topological polar surface area (TPSA) is 87.7 Å². The number of rotatable bonds is 3. The monoisotopic (exact) mass is 317 g/mol. The molecule has 2 N–H and O–H groups in total. The Morgan fingerprint density at radius 2 is 1.83 bits per heavy atom. The maximum absolute atomic E-state index is 12.4. The predicted molar refractivity (Wildman–Crippen MR) is 83.5 cm³/mol. The van der Waals surface area contributed by atoms with Crippen LogP contribution >= 0.6 is 0 Å². The van der Waals surface area contributed by atoms with Gasteiger partial charge in [0.15, 0.2) is 0 Å². The Labute approximate surface area is 134 Å². The van der Waals surface area contributed by atoms with E-state index >= 15 is 0 Å². The molecule has 1 aromatic carbocycles. The van der Waals surface area contributed by atoms with Crippen LogP contribution in [-0.4, -0.2) is 44.0 Å². The molecular weight excluding hydrogens is 298 g/mol. The van der Waals surface area contributed by atoms with Crippen molar-refractivity contribution in [2.75, 3.05) is 21.2 Å². The molecule has 7 nitrogen and oxygen atoms in total. The summed E-state index contributed by atoms with van der Waals surface area (Å²) in [5.74, 6) is -1.26. The number of methoxy groups -OCH3 is 1. The highest BCUT2D eigenvalue weighted by Gasteiger charge is 2.38. The molecule has 0 unspecified atom stereocenters. The Kier molecular flexibility index (Phi) is 4.68. The van der Waals surface area contributed by atoms with Crippen LogP contribution in [0, 0.1) is 5.92 Å². The molecule has 0 aliphatic carbocycles. The van der Waals surface area contributed by atoms with E-state index in [4.69, 9.17) is 0 Å². The van der Waals surface area contributed by atoms with E-state index in [1.807, 2.05) is 0 Å². The fourth-order valence-electron chi connectivity index (χ4n) is 2.48. The number of esters is 1. The maximum atomic E-state index is 12.4. The summed E-state index contributed by atoms with van der Waals surface area (Å²) in [6.07, 6.45) is 0. The molecule has 0 bridgehead atoms. The van der Waals surface area contributed by atoms with Crippen molar-refractivity contribution < 1.29 is 19.1 Å². The van der Waals surface area contributed by atoms with Crippen LogP contribution < -0.4 is 10.6 Å². The molecule has 122 valence electrons. The average Bonchev–Trinajstić information content (AvgIpc) is 2.53. The van der Waals surface area contributed by atoms with Gasteiger partial charge in [-0.3, -0.25) is 4.79 Å². The van der Waals surface area contributed by atoms with Crippen molar-refractivity contribution in [1.29, 1.82) is 0 Å². The number of urea groups is 1. The SMILES string of the molecule is C=C1NC(=O)N[C@H](c2ccc(C(=O)OC)cc2)[C@H]1C(=O)N(C)C. The van der Waals surface area contributed by atoms with Crippen molar-refractivity contribution in [3.05, 3.63) is 47.7 Å². The van der Waals surface area contributed by atoms with E-state index in [1.165, 1.54) is 12.0 Å². The van der Waals surface area contributed by atoms with Gasteiger partial charge >= 0.3 is 12.0 Å². The predicted octanol–water partition coefficient (Wildman–Crippen LogP) is 1.05. The van der Waals surface area contributed by atoms with Gasteiger partial charge in [0.05, 0.1) is 18.7 Å². The Morgan fingerprint density at radius 3 is 2.35 bits per heavy atom. The van der Waals surface area contributed by atoms with Crippen molar-refractivity contribution in [3.8, 4) is 0 Å². The minimum absolute atomic E-state index is 0.176. The molecule has 3 amide bonds. The molecule has 23 heavy (non-hydrogen) atoms. The highest BCUT2D eigenvalue weighted by Crippen LogP contribution is 2.30. The van der Waals surface area contributed by atoms with Gasteiger partial charge in [0.2, 0.25) is 5.91 Å². The quantitative estimate of drug-likeness (QED) is 0.816. The molecule has 1 aliphatic heterocycles. The van der Waals surface area contributed by atoms with E-state index < -0.39 is 24.0 Å². The summed E-state index contributed by atoms with van der Waals surface area (Å²) in [5.41, 5.74) is 1.44. The van der Waals surface area contributed by atoms with Crippen molar-refractivity contribution >= 4 is 17.9 Å². The van der Waals surface area contributed by atoms with Gasteiger partial charge in [-0.25, -0.2) is 9.59 Å². The molecule has 1 saturated heterocycles. The number of carbonyl (C=O) groups is 3. The summed E-state index contributed by atoms with van der Waals surface area (Å²) < 4.78 is 4.65. The first-order valence-corrected chi connectivity index (χ1v) is 7.01. The molecule has 7 heteroatoms. The largest absolute Gasteiger partial charge is 0.465 e. The van der Waals surface area contributed by atoms with Gasteiger partial charge in [-0.2, -0.15) is 0 Å². The lowest BCUT2D eigenvalue weighted by molar-refractivity contribution is -0.132. The standard InChI is InChI=1S/C16H19N3O4/c1-9-12(14(20)19(2)3)13(18-16(22)17-9)10-5-7-11(8-6-10)15(21)23-4/h5-8,12-13H,1H2,2-4H3,(H2,17,18,22)/t12-,13+/m0/s1. The van der Waals surface area contributed by atoms with Gasteiger partial charge in [0.1, 0.15) is 5.92 Å². The number of hydrogen-bond donors (Lipinski definition) is 2. The fraction of sp³-hybridized carbons (Fsp3) is 0.312. The van der Waals surface area contributed by atoms with Crippen molar-refractivity contribution in [1.82, 2.24) is 15.5 Å². The molecule has 1 aromatic rings. The molecule has 0 spiro atoms. The third kappa shape index (κ3) is 3.33. The highest BCUT2D eigenvalue weighted by molar-refractivity contribution is 5.90. The van der Waals surface area contributed by atoms with Crippen LogP contribution in [0.3, 0.4) is 0 Å². The Morgan fingerprint density at radius 1 is 1.22 bits per heavy atom. The van der Waals surface area contributed by atoms with Crippen LogP contribution in [-0.2, 0) is 9.53 Å². The van der Waals surface area contributed by atoms with E-state index in [0.717, 1.165) is 0 Å². The third-order valence-corrected chi connectivity index (χ3v) is 3.67. The van der Waals surface area contributed by atoms with Crippen molar-refractivity contribution in [2.24, 2.45) is 5.92 Å². The molecule has 0 saturated carbocycles. The van der Waals surface area contributed by atoms with Crippen LogP contribution in [0.2, 0.25) is 0 Å². The van der Waals surface area contributed by atoms with Crippen LogP contribution in [0.15, 0.2) is 36.5 Å². The van der Waals surface area contributed by atoms with Gasteiger partial charge in [0.25, 0.3) is 0 Å². The summed E-state index contributed by atoms with van der Waals surface area (Å²) in [5, 5.41) is 5.27. The first-order valence-electron chi connectivity index (χ1n) is 7.01. The zero-order valence-corrected chi connectivity index (χ0v) is 13.3. The Bertz CT molecular complexity index is 652. The van der Waals surface area contributed by atoms with Crippen LogP contribution in [0.1, 0.15) is 22.0 Å². The second-order valence-corrected chi connectivity index (χ2v) is 5.43.